The molecule has 0 aliphatic carbocycles. The molecular formula is C13H9BrN2O. The predicted molar refractivity (Wildman–Crippen MR) is 67.9 cm³/mol. The molecule has 1 aromatic heterocycles. The number of nitriles is 1. The largest absolute Gasteiger partial charge is 0.456 e. The molecule has 0 aliphatic rings. The molecule has 0 N–H and O–H groups in total. The van der Waals surface area contributed by atoms with Gasteiger partial charge < -0.3 is 4.74 Å². The second kappa shape index (κ2) is 4.98. The van der Waals surface area contributed by atoms with Crippen LogP contribution in [0.4, 0.5) is 0 Å². The summed E-state index contributed by atoms with van der Waals surface area (Å²) in [7, 11) is 0. The van der Waals surface area contributed by atoms with Gasteiger partial charge in [0.1, 0.15) is 23.3 Å². The molecule has 0 bridgehead atoms. The Morgan fingerprint density at radius 2 is 2.00 bits per heavy atom. The van der Waals surface area contributed by atoms with Gasteiger partial charge in [-0.15, -0.1) is 0 Å². The van der Waals surface area contributed by atoms with Gasteiger partial charge in [-0.25, -0.2) is 4.98 Å². The van der Waals surface area contributed by atoms with Gasteiger partial charge in [0.2, 0.25) is 0 Å². The lowest BCUT2D eigenvalue weighted by molar-refractivity contribution is 0.479. The number of aryl methyl sites for hydroxylation is 1. The van der Waals surface area contributed by atoms with Crippen molar-refractivity contribution in [1.29, 1.82) is 5.26 Å². The third kappa shape index (κ3) is 2.83. The number of aromatic nitrogens is 1. The minimum Gasteiger partial charge on any atom is -0.456 e. The summed E-state index contributed by atoms with van der Waals surface area (Å²) in [6.45, 7) is 1.99. The second-order valence-corrected chi connectivity index (χ2v) is 4.36. The van der Waals surface area contributed by atoms with Crippen LogP contribution < -0.4 is 4.74 Å². The van der Waals surface area contributed by atoms with Crippen molar-refractivity contribution >= 4 is 15.9 Å². The van der Waals surface area contributed by atoms with Crippen molar-refractivity contribution < 1.29 is 4.74 Å². The number of hydrogen-bond acceptors (Lipinski definition) is 3. The fourth-order valence-electron chi connectivity index (χ4n) is 1.32. The van der Waals surface area contributed by atoms with E-state index in [9.17, 15) is 0 Å². The molecule has 2 aromatic rings. The quantitative estimate of drug-likeness (QED) is 0.844. The van der Waals surface area contributed by atoms with E-state index >= 15 is 0 Å². The van der Waals surface area contributed by atoms with Crippen LogP contribution in [0.15, 0.2) is 41.0 Å². The maximum atomic E-state index is 8.63. The van der Waals surface area contributed by atoms with Crippen molar-refractivity contribution in [3.8, 4) is 17.6 Å². The van der Waals surface area contributed by atoms with Crippen LogP contribution >= 0.6 is 15.9 Å². The topological polar surface area (TPSA) is 45.9 Å². The van der Waals surface area contributed by atoms with Gasteiger partial charge >= 0.3 is 0 Å². The molecule has 0 spiro atoms. The highest BCUT2D eigenvalue weighted by atomic mass is 79.9. The van der Waals surface area contributed by atoms with E-state index in [1.54, 1.807) is 12.1 Å². The number of halogens is 1. The fraction of sp³-hybridized carbons (Fsp3) is 0.0769. The van der Waals surface area contributed by atoms with Crippen LogP contribution in [0.25, 0.3) is 0 Å². The molecule has 4 heteroatoms. The van der Waals surface area contributed by atoms with E-state index in [1.807, 2.05) is 31.2 Å². The first-order valence-electron chi connectivity index (χ1n) is 4.99. The van der Waals surface area contributed by atoms with Crippen molar-refractivity contribution in [2.75, 3.05) is 0 Å². The average Bonchev–Trinajstić information content (AvgIpc) is 2.35. The van der Waals surface area contributed by atoms with E-state index in [2.05, 4.69) is 20.9 Å². The first-order chi connectivity index (χ1) is 8.19. The summed E-state index contributed by atoms with van der Waals surface area (Å²) >= 11 is 3.43. The molecule has 1 aromatic carbocycles. The zero-order chi connectivity index (χ0) is 12.3. The molecule has 0 unspecified atom stereocenters. The summed E-state index contributed by atoms with van der Waals surface area (Å²) in [5, 5.41) is 8.63. The van der Waals surface area contributed by atoms with E-state index in [1.165, 1.54) is 6.20 Å². The summed E-state index contributed by atoms with van der Waals surface area (Å²) in [5.74, 6) is 1.36. The average molecular weight is 289 g/mol. The smallest absolute Gasteiger partial charge is 0.145 e. The first-order valence-corrected chi connectivity index (χ1v) is 5.78. The molecule has 17 heavy (non-hydrogen) atoms. The van der Waals surface area contributed by atoms with Crippen LogP contribution in [-0.2, 0) is 0 Å². The van der Waals surface area contributed by atoms with E-state index < -0.39 is 0 Å². The Morgan fingerprint density at radius 3 is 2.59 bits per heavy atom. The van der Waals surface area contributed by atoms with Gasteiger partial charge in [0, 0.05) is 4.47 Å². The number of rotatable bonds is 2. The minimum atomic E-state index is 0.379. The SMILES string of the molecule is Cc1cc(Oc2ccc(C#N)nc2)ccc1Br. The first kappa shape index (κ1) is 11.6. The van der Waals surface area contributed by atoms with E-state index in [0.29, 0.717) is 11.4 Å². The normalized spacial score (nSPS) is 9.71. The van der Waals surface area contributed by atoms with Crippen molar-refractivity contribution in [2.24, 2.45) is 0 Å². The van der Waals surface area contributed by atoms with Gasteiger partial charge in [0.05, 0.1) is 6.20 Å². The zero-order valence-electron chi connectivity index (χ0n) is 9.14. The van der Waals surface area contributed by atoms with Crippen LogP contribution in [0, 0.1) is 18.3 Å². The Morgan fingerprint density at radius 1 is 1.24 bits per heavy atom. The monoisotopic (exact) mass is 288 g/mol. The second-order valence-electron chi connectivity index (χ2n) is 3.50. The van der Waals surface area contributed by atoms with Crippen LogP contribution in [0.1, 0.15) is 11.3 Å². The fourth-order valence-corrected chi connectivity index (χ4v) is 1.57. The Labute approximate surface area is 108 Å². The van der Waals surface area contributed by atoms with Crippen molar-refractivity contribution in [3.63, 3.8) is 0 Å². The van der Waals surface area contributed by atoms with Gasteiger partial charge in [0.15, 0.2) is 0 Å². The summed E-state index contributed by atoms with van der Waals surface area (Å²) in [4.78, 5) is 3.94. The van der Waals surface area contributed by atoms with Crippen LogP contribution in [-0.4, -0.2) is 4.98 Å². The summed E-state index contributed by atoms with van der Waals surface area (Å²) < 4.78 is 6.67. The van der Waals surface area contributed by atoms with Gasteiger partial charge in [-0.05, 0) is 42.8 Å². The highest BCUT2D eigenvalue weighted by Crippen LogP contribution is 2.25. The summed E-state index contributed by atoms with van der Waals surface area (Å²) in [6, 6.07) is 11.0. The molecule has 0 aliphatic heterocycles. The minimum absolute atomic E-state index is 0.379. The van der Waals surface area contributed by atoms with E-state index in [4.69, 9.17) is 10.00 Å². The maximum absolute atomic E-state index is 8.63. The summed E-state index contributed by atoms with van der Waals surface area (Å²) in [5.41, 5.74) is 1.48. The Kier molecular flexibility index (Phi) is 3.40. The van der Waals surface area contributed by atoms with E-state index in [-0.39, 0.29) is 0 Å². The number of ether oxygens (including phenoxy) is 1. The molecule has 3 nitrogen and oxygen atoms in total. The molecule has 0 amide bonds. The lowest BCUT2D eigenvalue weighted by Gasteiger charge is -2.06. The van der Waals surface area contributed by atoms with Crippen LogP contribution in [0.3, 0.4) is 0 Å². The lowest BCUT2D eigenvalue weighted by atomic mass is 10.2. The van der Waals surface area contributed by atoms with Gasteiger partial charge in [-0.1, -0.05) is 15.9 Å². The van der Waals surface area contributed by atoms with E-state index in [0.717, 1.165) is 15.8 Å². The van der Waals surface area contributed by atoms with Gasteiger partial charge in [0.25, 0.3) is 0 Å². The Balaban J connectivity index is 2.20. The molecule has 0 atom stereocenters. The molecule has 0 saturated heterocycles. The molecular weight excluding hydrogens is 280 g/mol. The number of benzene rings is 1. The molecule has 0 fully saturated rings. The van der Waals surface area contributed by atoms with Crippen molar-refractivity contribution in [2.45, 2.75) is 6.92 Å². The molecule has 0 radical (unpaired) electrons. The molecule has 84 valence electrons. The summed E-state index contributed by atoms with van der Waals surface area (Å²) in [6.07, 6.45) is 1.54. The number of nitrogens with zero attached hydrogens (tertiary/aromatic N) is 2. The molecule has 0 saturated carbocycles. The van der Waals surface area contributed by atoms with Crippen LogP contribution in [0.2, 0.25) is 0 Å². The standard InChI is InChI=1S/C13H9BrN2O/c1-9-6-11(4-5-13(9)14)17-12-3-2-10(7-15)16-8-12/h2-6,8H,1H3. The molecule has 1 heterocycles. The predicted octanol–water partition coefficient (Wildman–Crippen LogP) is 3.82. The number of hydrogen-bond donors (Lipinski definition) is 0. The highest BCUT2D eigenvalue weighted by Gasteiger charge is 2.01. The lowest BCUT2D eigenvalue weighted by Crippen LogP contribution is -1.88. The molecule has 2 rings (SSSR count). The van der Waals surface area contributed by atoms with Crippen molar-refractivity contribution in [1.82, 2.24) is 4.98 Å². The zero-order valence-corrected chi connectivity index (χ0v) is 10.7. The highest BCUT2D eigenvalue weighted by molar-refractivity contribution is 9.10. The van der Waals surface area contributed by atoms with Crippen molar-refractivity contribution in [3.05, 3.63) is 52.3 Å². The Hall–Kier alpha value is -1.86. The van der Waals surface area contributed by atoms with Gasteiger partial charge in [-0.3, -0.25) is 0 Å². The maximum Gasteiger partial charge on any atom is 0.145 e. The third-order valence-corrected chi connectivity index (χ3v) is 3.11. The third-order valence-electron chi connectivity index (χ3n) is 2.22. The van der Waals surface area contributed by atoms with Gasteiger partial charge in [-0.2, -0.15) is 5.26 Å². The Bertz CT molecular complexity index is 573. The van der Waals surface area contributed by atoms with Crippen LogP contribution in [0.5, 0.6) is 11.5 Å². The number of pyridine rings is 1.